The number of ether oxygens (including phenoxy) is 2. The van der Waals surface area contributed by atoms with Crippen molar-refractivity contribution in [1.82, 2.24) is 5.32 Å². The van der Waals surface area contributed by atoms with Crippen LogP contribution in [0.1, 0.15) is 25.7 Å². The van der Waals surface area contributed by atoms with Gasteiger partial charge in [0.05, 0.1) is 7.11 Å². The molecule has 1 amide bonds. The number of hydrogen-bond donors (Lipinski definition) is 2. The maximum atomic E-state index is 11.7. The summed E-state index contributed by atoms with van der Waals surface area (Å²) in [6, 6.07) is -1.10. The van der Waals surface area contributed by atoms with E-state index in [-0.39, 0.29) is 12.8 Å². The fraction of sp³-hybridized carbons (Fsp3) is 0.727. The molecule has 7 nitrogen and oxygen atoms in total. The quantitative estimate of drug-likeness (QED) is 0.634. The first-order valence-electron chi connectivity index (χ1n) is 5.76. The number of carboxylic acid groups (broad SMARTS) is 1. The molecule has 0 aliphatic carbocycles. The molecule has 0 aromatic rings. The number of esters is 1. The van der Waals surface area contributed by atoms with Gasteiger partial charge in [0.1, 0.15) is 12.1 Å². The third-order valence-electron chi connectivity index (χ3n) is 2.70. The molecule has 7 heteroatoms. The molecule has 1 rings (SSSR count). The SMILES string of the molecule is COC(=O)CCC(NC(=O)[C@H]1CCCO1)C(=O)O. The lowest BCUT2D eigenvalue weighted by atomic mass is 10.1. The summed E-state index contributed by atoms with van der Waals surface area (Å²) < 4.78 is 9.56. The maximum absolute atomic E-state index is 11.7. The Balaban J connectivity index is 2.44. The molecule has 1 saturated heterocycles. The van der Waals surface area contributed by atoms with Crippen LogP contribution in [0.5, 0.6) is 0 Å². The summed E-state index contributed by atoms with van der Waals surface area (Å²) in [5, 5.41) is 11.3. The fourth-order valence-corrected chi connectivity index (χ4v) is 1.67. The standard InChI is InChI=1S/C11H17NO6/c1-17-9(13)5-4-7(11(15)16)12-10(14)8-3-2-6-18-8/h7-8H,2-6H2,1H3,(H,12,14)(H,15,16)/t7?,8-/m1/s1. The number of amides is 1. The van der Waals surface area contributed by atoms with E-state index >= 15 is 0 Å². The molecular weight excluding hydrogens is 242 g/mol. The van der Waals surface area contributed by atoms with Crippen LogP contribution in [0.25, 0.3) is 0 Å². The summed E-state index contributed by atoms with van der Waals surface area (Å²) >= 11 is 0. The van der Waals surface area contributed by atoms with E-state index in [1.54, 1.807) is 0 Å². The lowest BCUT2D eigenvalue weighted by Crippen LogP contribution is -2.45. The molecule has 0 saturated carbocycles. The van der Waals surface area contributed by atoms with Crippen LogP contribution in [0.4, 0.5) is 0 Å². The van der Waals surface area contributed by atoms with Crippen molar-refractivity contribution in [3.8, 4) is 0 Å². The third kappa shape index (κ3) is 4.33. The predicted octanol–water partition coefficient (Wildman–Crippen LogP) is -0.312. The number of hydrogen-bond acceptors (Lipinski definition) is 5. The van der Waals surface area contributed by atoms with Crippen LogP contribution in [0.2, 0.25) is 0 Å². The minimum absolute atomic E-state index is 0.000463. The topological polar surface area (TPSA) is 102 Å². The van der Waals surface area contributed by atoms with Crippen molar-refractivity contribution in [1.29, 1.82) is 0 Å². The van der Waals surface area contributed by atoms with E-state index in [2.05, 4.69) is 10.1 Å². The van der Waals surface area contributed by atoms with Crippen molar-refractivity contribution < 1.29 is 29.0 Å². The lowest BCUT2D eigenvalue weighted by molar-refractivity contribution is -0.145. The Bertz CT molecular complexity index is 323. The van der Waals surface area contributed by atoms with Crippen molar-refractivity contribution in [2.24, 2.45) is 0 Å². The van der Waals surface area contributed by atoms with Crippen molar-refractivity contribution in [3.05, 3.63) is 0 Å². The largest absolute Gasteiger partial charge is 0.480 e. The van der Waals surface area contributed by atoms with Gasteiger partial charge in [0.2, 0.25) is 5.91 Å². The molecule has 0 bridgehead atoms. The normalized spacial score (nSPS) is 20.2. The minimum Gasteiger partial charge on any atom is -0.480 e. The van der Waals surface area contributed by atoms with Gasteiger partial charge in [-0.25, -0.2) is 4.79 Å². The Morgan fingerprint density at radius 1 is 1.50 bits per heavy atom. The zero-order valence-electron chi connectivity index (χ0n) is 10.2. The molecule has 102 valence electrons. The van der Waals surface area contributed by atoms with E-state index in [1.807, 2.05) is 0 Å². The van der Waals surface area contributed by atoms with Crippen molar-refractivity contribution >= 4 is 17.8 Å². The van der Waals surface area contributed by atoms with E-state index < -0.39 is 30.0 Å². The zero-order chi connectivity index (χ0) is 13.5. The smallest absolute Gasteiger partial charge is 0.326 e. The molecule has 18 heavy (non-hydrogen) atoms. The average Bonchev–Trinajstić information content (AvgIpc) is 2.87. The van der Waals surface area contributed by atoms with Crippen molar-refractivity contribution in [2.45, 2.75) is 37.8 Å². The second-order valence-corrected chi connectivity index (χ2v) is 4.02. The number of carboxylic acids is 1. The summed E-state index contributed by atoms with van der Waals surface area (Å²) in [5.74, 6) is -2.12. The van der Waals surface area contributed by atoms with E-state index in [4.69, 9.17) is 9.84 Å². The number of carbonyl (C=O) groups excluding carboxylic acids is 2. The highest BCUT2D eigenvalue weighted by molar-refractivity contribution is 5.86. The van der Waals surface area contributed by atoms with Gasteiger partial charge < -0.3 is 19.9 Å². The molecule has 0 spiro atoms. The highest BCUT2D eigenvalue weighted by atomic mass is 16.5. The van der Waals surface area contributed by atoms with Gasteiger partial charge in [-0.2, -0.15) is 0 Å². The second-order valence-electron chi connectivity index (χ2n) is 4.02. The highest BCUT2D eigenvalue weighted by Gasteiger charge is 2.28. The molecule has 0 aromatic carbocycles. The van der Waals surface area contributed by atoms with Crippen LogP contribution < -0.4 is 5.32 Å². The number of rotatable bonds is 6. The first kappa shape index (κ1) is 14.4. The molecule has 1 heterocycles. The van der Waals surface area contributed by atoms with Crippen molar-refractivity contribution in [3.63, 3.8) is 0 Å². The van der Waals surface area contributed by atoms with Crippen LogP contribution in [0.3, 0.4) is 0 Å². The Labute approximate surface area is 104 Å². The van der Waals surface area contributed by atoms with Gasteiger partial charge in [0.15, 0.2) is 0 Å². The summed E-state index contributed by atoms with van der Waals surface area (Å²) in [6.07, 6.45) is 0.748. The van der Waals surface area contributed by atoms with Gasteiger partial charge in [0.25, 0.3) is 0 Å². The number of carbonyl (C=O) groups is 3. The average molecular weight is 259 g/mol. The van der Waals surface area contributed by atoms with Gasteiger partial charge >= 0.3 is 11.9 Å². The van der Waals surface area contributed by atoms with Gasteiger partial charge in [-0.3, -0.25) is 9.59 Å². The summed E-state index contributed by atoms with van der Waals surface area (Å²) in [5.41, 5.74) is 0. The first-order valence-corrected chi connectivity index (χ1v) is 5.76. The molecule has 1 unspecified atom stereocenters. The molecule has 1 aliphatic rings. The molecule has 0 radical (unpaired) electrons. The Kier molecular flexibility index (Phi) is 5.57. The van der Waals surface area contributed by atoms with Crippen LogP contribution in [0, 0.1) is 0 Å². The third-order valence-corrected chi connectivity index (χ3v) is 2.70. The molecule has 2 N–H and O–H groups in total. The lowest BCUT2D eigenvalue weighted by Gasteiger charge is -2.16. The molecular formula is C11H17NO6. The summed E-state index contributed by atoms with van der Waals surface area (Å²) in [7, 11) is 1.23. The maximum Gasteiger partial charge on any atom is 0.326 e. The van der Waals surface area contributed by atoms with Crippen LogP contribution >= 0.6 is 0 Å². The minimum atomic E-state index is -1.18. The van der Waals surface area contributed by atoms with E-state index in [1.165, 1.54) is 7.11 Å². The number of nitrogens with one attached hydrogen (secondary N) is 1. The summed E-state index contributed by atoms with van der Waals surface area (Å²) in [4.78, 5) is 33.5. The van der Waals surface area contributed by atoms with Gasteiger partial charge in [0, 0.05) is 13.0 Å². The first-order chi connectivity index (χ1) is 8.54. The van der Waals surface area contributed by atoms with E-state index in [0.717, 1.165) is 6.42 Å². The molecule has 0 aromatic heterocycles. The van der Waals surface area contributed by atoms with Crippen LogP contribution in [-0.4, -0.2) is 48.8 Å². The van der Waals surface area contributed by atoms with Gasteiger partial charge in [-0.1, -0.05) is 0 Å². The highest BCUT2D eigenvalue weighted by Crippen LogP contribution is 2.12. The van der Waals surface area contributed by atoms with E-state index in [0.29, 0.717) is 13.0 Å². The van der Waals surface area contributed by atoms with Crippen LogP contribution in [-0.2, 0) is 23.9 Å². The molecule has 1 aliphatic heterocycles. The summed E-state index contributed by atoms with van der Waals surface area (Å²) in [6.45, 7) is 0.512. The van der Waals surface area contributed by atoms with Gasteiger partial charge in [-0.15, -0.1) is 0 Å². The Morgan fingerprint density at radius 2 is 2.22 bits per heavy atom. The number of methoxy groups -OCH3 is 1. The van der Waals surface area contributed by atoms with Crippen LogP contribution in [0.15, 0.2) is 0 Å². The van der Waals surface area contributed by atoms with Crippen molar-refractivity contribution in [2.75, 3.05) is 13.7 Å². The number of aliphatic carboxylic acids is 1. The molecule has 1 fully saturated rings. The Hall–Kier alpha value is -1.63. The van der Waals surface area contributed by atoms with Gasteiger partial charge in [-0.05, 0) is 19.3 Å². The fourth-order valence-electron chi connectivity index (χ4n) is 1.67. The predicted molar refractivity (Wildman–Crippen MR) is 59.8 cm³/mol. The molecule has 2 atom stereocenters. The second kappa shape index (κ2) is 6.95. The van der Waals surface area contributed by atoms with E-state index in [9.17, 15) is 14.4 Å². The zero-order valence-corrected chi connectivity index (χ0v) is 10.2. The Morgan fingerprint density at radius 3 is 2.72 bits per heavy atom. The monoisotopic (exact) mass is 259 g/mol.